The number of aromatic nitrogens is 4. The molecule has 6 nitrogen and oxygen atoms in total. The predicted molar refractivity (Wildman–Crippen MR) is 113 cm³/mol. The molecule has 0 saturated heterocycles. The van der Waals surface area contributed by atoms with Crippen LogP contribution < -0.4 is 5.56 Å². The smallest absolute Gasteiger partial charge is 0.255 e. The first-order chi connectivity index (χ1) is 14.7. The zero-order valence-electron chi connectivity index (χ0n) is 16.0. The van der Waals surface area contributed by atoms with Gasteiger partial charge in [0.15, 0.2) is 0 Å². The Morgan fingerprint density at radius 1 is 1.13 bits per heavy atom. The molecule has 0 saturated carbocycles. The Labute approximate surface area is 176 Å². The number of rotatable bonds is 4. The molecule has 0 fully saturated rings. The van der Waals surface area contributed by atoms with Gasteiger partial charge in [-0.05, 0) is 18.2 Å². The van der Waals surface area contributed by atoms with Crippen LogP contribution in [-0.2, 0) is 19.5 Å². The standard InChI is InChI=1S/C22H18FN5OS/c23-18-4-2-1-3-16(18)20-6-5-15(30-20)11-28-8-7-19-17(12-28)22(29)27-21(26-19)14-9-24-13-25-10-14/h1-6,9-10,13H,7-8,11-12H2,(H,26,27,29). The van der Waals surface area contributed by atoms with E-state index in [-0.39, 0.29) is 11.4 Å². The fourth-order valence-electron chi connectivity index (χ4n) is 3.66. The third-order valence-electron chi connectivity index (χ3n) is 5.16. The van der Waals surface area contributed by atoms with Crippen molar-refractivity contribution in [3.05, 3.63) is 87.4 Å². The number of hydrogen-bond acceptors (Lipinski definition) is 6. The molecule has 0 atom stereocenters. The highest BCUT2D eigenvalue weighted by atomic mass is 32.1. The number of H-pyrrole nitrogens is 1. The Morgan fingerprint density at radius 2 is 1.97 bits per heavy atom. The molecule has 1 aliphatic rings. The Morgan fingerprint density at radius 3 is 2.80 bits per heavy atom. The van der Waals surface area contributed by atoms with Crippen LogP contribution in [0.3, 0.4) is 0 Å². The van der Waals surface area contributed by atoms with Crippen molar-refractivity contribution in [3.63, 3.8) is 0 Å². The Hall–Kier alpha value is -3.23. The van der Waals surface area contributed by atoms with Gasteiger partial charge in [-0.2, -0.15) is 0 Å². The van der Waals surface area contributed by atoms with Gasteiger partial charge in [-0.25, -0.2) is 19.3 Å². The first-order valence-electron chi connectivity index (χ1n) is 9.61. The minimum atomic E-state index is -0.213. The summed E-state index contributed by atoms with van der Waals surface area (Å²) in [5.41, 5.74) is 2.72. The summed E-state index contributed by atoms with van der Waals surface area (Å²) in [6.07, 6.45) is 5.42. The maximum Gasteiger partial charge on any atom is 0.255 e. The minimum absolute atomic E-state index is 0.123. The van der Waals surface area contributed by atoms with Crippen molar-refractivity contribution in [2.75, 3.05) is 6.54 Å². The monoisotopic (exact) mass is 419 g/mol. The lowest BCUT2D eigenvalue weighted by Gasteiger charge is -2.27. The van der Waals surface area contributed by atoms with Crippen LogP contribution in [0.2, 0.25) is 0 Å². The van der Waals surface area contributed by atoms with Crippen LogP contribution in [0.15, 0.2) is 59.9 Å². The van der Waals surface area contributed by atoms with Gasteiger partial charge in [-0.3, -0.25) is 9.69 Å². The van der Waals surface area contributed by atoms with Gasteiger partial charge in [0.2, 0.25) is 0 Å². The van der Waals surface area contributed by atoms with Crippen molar-refractivity contribution in [3.8, 4) is 21.8 Å². The summed E-state index contributed by atoms with van der Waals surface area (Å²) in [6.45, 7) is 2.06. The number of nitrogens with one attached hydrogen (secondary N) is 1. The molecular weight excluding hydrogens is 401 g/mol. The van der Waals surface area contributed by atoms with Crippen LogP contribution in [0, 0.1) is 5.82 Å². The molecule has 3 aromatic heterocycles. The molecule has 0 amide bonds. The molecular formula is C22H18FN5OS. The van der Waals surface area contributed by atoms with Crippen molar-refractivity contribution in [1.82, 2.24) is 24.8 Å². The first-order valence-corrected chi connectivity index (χ1v) is 10.4. The topological polar surface area (TPSA) is 74.8 Å². The van der Waals surface area contributed by atoms with E-state index < -0.39 is 0 Å². The third kappa shape index (κ3) is 3.67. The van der Waals surface area contributed by atoms with E-state index in [2.05, 4.69) is 24.8 Å². The van der Waals surface area contributed by atoms with Gasteiger partial charge in [-0.15, -0.1) is 11.3 Å². The fraction of sp³-hybridized carbons (Fsp3) is 0.182. The molecule has 150 valence electrons. The molecule has 1 aliphatic heterocycles. The second-order valence-electron chi connectivity index (χ2n) is 7.17. The molecule has 0 aliphatic carbocycles. The molecule has 0 bridgehead atoms. The highest BCUT2D eigenvalue weighted by Gasteiger charge is 2.22. The highest BCUT2D eigenvalue weighted by molar-refractivity contribution is 7.15. The van der Waals surface area contributed by atoms with Crippen molar-refractivity contribution in [1.29, 1.82) is 0 Å². The molecule has 0 unspecified atom stereocenters. The first kappa shape index (κ1) is 18.8. The largest absolute Gasteiger partial charge is 0.306 e. The Kier molecular flexibility index (Phi) is 4.94. The van der Waals surface area contributed by atoms with Crippen LogP contribution in [0.4, 0.5) is 4.39 Å². The Balaban J connectivity index is 1.34. The van der Waals surface area contributed by atoms with Gasteiger partial charge < -0.3 is 4.98 Å². The van der Waals surface area contributed by atoms with Crippen molar-refractivity contribution < 1.29 is 4.39 Å². The molecule has 0 spiro atoms. The predicted octanol–water partition coefficient (Wildman–Crippen LogP) is 3.65. The maximum absolute atomic E-state index is 14.1. The number of thiophene rings is 1. The van der Waals surface area contributed by atoms with E-state index >= 15 is 0 Å². The molecule has 5 rings (SSSR count). The summed E-state index contributed by atoms with van der Waals surface area (Å²) in [7, 11) is 0. The van der Waals surface area contributed by atoms with E-state index in [0.29, 0.717) is 42.0 Å². The molecule has 30 heavy (non-hydrogen) atoms. The molecule has 0 radical (unpaired) electrons. The lowest BCUT2D eigenvalue weighted by Crippen LogP contribution is -2.35. The van der Waals surface area contributed by atoms with E-state index in [1.54, 1.807) is 35.9 Å². The average molecular weight is 419 g/mol. The molecule has 1 aromatic carbocycles. The second kappa shape index (κ2) is 7.89. The molecule has 4 aromatic rings. The van der Waals surface area contributed by atoms with Crippen molar-refractivity contribution in [2.45, 2.75) is 19.5 Å². The number of halogens is 1. The van der Waals surface area contributed by atoms with Crippen LogP contribution in [0.25, 0.3) is 21.8 Å². The number of nitrogens with zero attached hydrogens (tertiary/aromatic N) is 4. The van der Waals surface area contributed by atoms with Gasteiger partial charge in [0.1, 0.15) is 18.0 Å². The van der Waals surface area contributed by atoms with Gasteiger partial charge in [0, 0.05) is 53.8 Å². The summed E-state index contributed by atoms with van der Waals surface area (Å²) in [4.78, 5) is 32.4. The van der Waals surface area contributed by atoms with E-state index in [1.807, 2.05) is 18.2 Å². The molecule has 4 heterocycles. The number of benzene rings is 1. The van der Waals surface area contributed by atoms with E-state index in [0.717, 1.165) is 22.0 Å². The fourth-order valence-corrected chi connectivity index (χ4v) is 4.74. The summed E-state index contributed by atoms with van der Waals surface area (Å²) in [5, 5.41) is 0. The quantitative estimate of drug-likeness (QED) is 0.547. The summed E-state index contributed by atoms with van der Waals surface area (Å²) >= 11 is 1.58. The summed E-state index contributed by atoms with van der Waals surface area (Å²) in [6, 6.07) is 10.8. The van der Waals surface area contributed by atoms with Crippen LogP contribution in [-0.4, -0.2) is 31.4 Å². The zero-order chi connectivity index (χ0) is 20.5. The van der Waals surface area contributed by atoms with E-state index in [9.17, 15) is 9.18 Å². The van der Waals surface area contributed by atoms with Gasteiger partial charge in [0.05, 0.1) is 16.8 Å². The molecule has 1 N–H and O–H groups in total. The van der Waals surface area contributed by atoms with Gasteiger partial charge in [-0.1, -0.05) is 18.2 Å². The van der Waals surface area contributed by atoms with Crippen LogP contribution in [0.5, 0.6) is 0 Å². The second-order valence-corrected chi connectivity index (χ2v) is 8.34. The zero-order valence-corrected chi connectivity index (χ0v) is 16.8. The van der Waals surface area contributed by atoms with E-state index in [4.69, 9.17) is 0 Å². The van der Waals surface area contributed by atoms with E-state index in [1.165, 1.54) is 12.4 Å². The number of aromatic amines is 1. The lowest BCUT2D eigenvalue weighted by atomic mass is 10.1. The van der Waals surface area contributed by atoms with Gasteiger partial charge in [0.25, 0.3) is 5.56 Å². The lowest BCUT2D eigenvalue weighted by molar-refractivity contribution is 0.244. The highest BCUT2D eigenvalue weighted by Crippen LogP contribution is 2.31. The number of fused-ring (bicyclic) bond motifs is 1. The minimum Gasteiger partial charge on any atom is -0.306 e. The van der Waals surface area contributed by atoms with Crippen molar-refractivity contribution >= 4 is 11.3 Å². The summed E-state index contributed by atoms with van der Waals surface area (Å²) < 4.78 is 14.1. The average Bonchev–Trinajstić information content (AvgIpc) is 3.23. The van der Waals surface area contributed by atoms with Crippen molar-refractivity contribution in [2.24, 2.45) is 0 Å². The maximum atomic E-state index is 14.1. The molecule has 8 heteroatoms. The number of hydrogen-bond donors (Lipinski definition) is 1. The van der Waals surface area contributed by atoms with Crippen LogP contribution >= 0.6 is 11.3 Å². The third-order valence-corrected chi connectivity index (χ3v) is 6.27. The summed E-state index contributed by atoms with van der Waals surface area (Å²) in [5.74, 6) is 0.288. The SMILES string of the molecule is O=c1[nH]c(-c2cncnc2)nc2c1CN(Cc1ccc(-c3ccccc3F)s1)CC2. The Bertz CT molecular complexity index is 1250. The normalized spacial score (nSPS) is 13.9. The van der Waals surface area contributed by atoms with Gasteiger partial charge >= 0.3 is 0 Å². The van der Waals surface area contributed by atoms with Crippen LogP contribution in [0.1, 0.15) is 16.1 Å².